The molecule has 0 unspecified atom stereocenters. The number of nitrogens with one attached hydrogen (secondary N) is 1. The quantitative estimate of drug-likeness (QED) is 0.239. The van der Waals surface area contributed by atoms with Crippen molar-refractivity contribution in [2.75, 3.05) is 25.1 Å². The molecular weight excluding hydrogens is 416 g/mol. The minimum Gasteiger partial charge on any atom is -0.490 e. The zero-order valence-corrected chi connectivity index (χ0v) is 18.3. The molecule has 32 heavy (non-hydrogen) atoms. The molecule has 9 heteroatoms. The van der Waals surface area contributed by atoms with Crippen LogP contribution in [0.4, 0.5) is 11.4 Å². The Morgan fingerprint density at radius 2 is 1.91 bits per heavy atom. The number of carbonyl (C=O) groups is 2. The Morgan fingerprint density at radius 1 is 1.12 bits per heavy atom. The van der Waals surface area contributed by atoms with Crippen molar-refractivity contribution in [3.63, 3.8) is 0 Å². The van der Waals surface area contributed by atoms with Gasteiger partial charge in [-0.15, -0.1) is 0 Å². The molecule has 2 rings (SSSR count). The van der Waals surface area contributed by atoms with E-state index in [9.17, 15) is 19.7 Å². The summed E-state index contributed by atoms with van der Waals surface area (Å²) in [5, 5.41) is 13.5. The molecule has 0 radical (unpaired) electrons. The number of amides is 1. The number of anilines is 1. The van der Waals surface area contributed by atoms with Crippen molar-refractivity contribution >= 4 is 29.3 Å². The predicted octanol–water partition coefficient (Wildman–Crippen LogP) is 4.29. The molecule has 0 spiro atoms. The van der Waals surface area contributed by atoms with E-state index >= 15 is 0 Å². The third kappa shape index (κ3) is 7.12. The van der Waals surface area contributed by atoms with E-state index in [1.165, 1.54) is 37.3 Å². The van der Waals surface area contributed by atoms with E-state index < -0.39 is 23.4 Å². The normalized spacial score (nSPS) is 10.6. The summed E-state index contributed by atoms with van der Waals surface area (Å²) in [6.07, 6.45) is 3.61. The van der Waals surface area contributed by atoms with Gasteiger partial charge in [-0.2, -0.15) is 0 Å². The highest BCUT2D eigenvalue weighted by Crippen LogP contribution is 2.29. The summed E-state index contributed by atoms with van der Waals surface area (Å²) in [5.41, 5.74) is 1.18. The van der Waals surface area contributed by atoms with Crippen LogP contribution in [0.15, 0.2) is 42.5 Å². The van der Waals surface area contributed by atoms with Crippen LogP contribution in [-0.2, 0) is 14.3 Å². The van der Waals surface area contributed by atoms with Crippen LogP contribution in [0.2, 0.25) is 0 Å². The fourth-order valence-electron chi connectivity index (χ4n) is 2.72. The molecule has 0 atom stereocenters. The summed E-state index contributed by atoms with van der Waals surface area (Å²) in [6, 6.07) is 9.62. The van der Waals surface area contributed by atoms with Crippen molar-refractivity contribution in [1.29, 1.82) is 0 Å². The molecule has 0 aliphatic carbocycles. The first-order valence-electron chi connectivity index (χ1n) is 10.1. The standard InChI is InChI=1S/C23H26N2O7/c1-4-13-31-20-11-9-17(14-21(20)30-5-2)10-12-23(27)32-15-22(26)24-18-7-6-8-19(16(18)3)25(28)29/h6-12,14H,4-5,13,15H2,1-3H3,(H,24,26)/b12-10+. The lowest BCUT2D eigenvalue weighted by molar-refractivity contribution is -0.385. The van der Waals surface area contributed by atoms with Gasteiger partial charge in [0.1, 0.15) is 0 Å². The highest BCUT2D eigenvalue weighted by atomic mass is 16.6. The summed E-state index contributed by atoms with van der Waals surface area (Å²) in [6.45, 7) is 5.91. The van der Waals surface area contributed by atoms with E-state index in [0.717, 1.165) is 6.42 Å². The first-order valence-corrected chi connectivity index (χ1v) is 10.1. The van der Waals surface area contributed by atoms with Gasteiger partial charge in [-0.25, -0.2) is 4.79 Å². The van der Waals surface area contributed by atoms with Crippen molar-refractivity contribution in [1.82, 2.24) is 0 Å². The summed E-state index contributed by atoms with van der Waals surface area (Å²) < 4.78 is 16.2. The Kier molecular flexibility index (Phi) is 9.22. The second kappa shape index (κ2) is 12.1. The van der Waals surface area contributed by atoms with E-state index in [1.54, 1.807) is 18.2 Å². The molecule has 9 nitrogen and oxygen atoms in total. The molecule has 1 N–H and O–H groups in total. The smallest absolute Gasteiger partial charge is 0.331 e. The van der Waals surface area contributed by atoms with Gasteiger partial charge in [-0.1, -0.05) is 19.1 Å². The van der Waals surface area contributed by atoms with Gasteiger partial charge in [-0.05, 0) is 50.1 Å². The number of nitrogens with zero attached hydrogens (tertiary/aromatic N) is 1. The molecule has 0 fully saturated rings. The van der Waals surface area contributed by atoms with E-state index in [2.05, 4.69) is 5.32 Å². The van der Waals surface area contributed by atoms with Gasteiger partial charge in [0.15, 0.2) is 18.1 Å². The largest absolute Gasteiger partial charge is 0.490 e. The van der Waals surface area contributed by atoms with Gasteiger partial charge in [-0.3, -0.25) is 14.9 Å². The second-order valence-corrected chi connectivity index (χ2v) is 6.68. The van der Waals surface area contributed by atoms with Gasteiger partial charge < -0.3 is 19.5 Å². The highest BCUT2D eigenvalue weighted by Gasteiger charge is 2.15. The second-order valence-electron chi connectivity index (χ2n) is 6.68. The van der Waals surface area contributed by atoms with Gasteiger partial charge in [0.05, 0.1) is 29.4 Å². The minimum absolute atomic E-state index is 0.111. The maximum Gasteiger partial charge on any atom is 0.331 e. The number of carbonyl (C=O) groups excluding carboxylic acids is 2. The van der Waals surface area contributed by atoms with E-state index in [-0.39, 0.29) is 11.4 Å². The number of nitro benzene ring substituents is 1. The van der Waals surface area contributed by atoms with Crippen LogP contribution in [0.5, 0.6) is 11.5 Å². The van der Waals surface area contributed by atoms with Crippen LogP contribution in [0.25, 0.3) is 6.08 Å². The fourth-order valence-corrected chi connectivity index (χ4v) is 2.72. The maximum absolute atomic E-state index is 12.1. The Balaban J connectivity index is 1.94. The van der Waals surface area contributed by atoms with Crippen LogP contribution < -0.4 is 14.8 Å². The first kappa shape index (κ1) is 24.4. The highest BCUT2D eigenvalue weighted by molar-refractivity contribution is 5.95. The average Bonchev–Trinajstić information content (AvgIpc) is 2.77. The molecule has 0 aliphatic rings. The summed E-state index contributed by atoms with van der Waals surface area (Å²) in [7, 11) is 0. The van der Waals surface area contributed by atoms with Gasteiger partial charge >= 0.3 is 5.97 Å². The van der Waals surface area contributed by atoms with Crippen molar-refractivity contribution in [3.8, 4) is 11.5 Å². The summed E-state index contributed by atoms with van der Waals surface area (Å²) in [4.78, 5) is 34.5. The molecule has 2 aromatic carbocycles. The average molecular weight is 442 g/mol. The molecule has 0 saturated carbocycles. The SMILES string of the molecule is CCCOc1ccc(/C=C/C(=O)OCC(=O)Nc2cccc([N+](=O)[O-])c2C)cc1OCC. The van der Waals surface area contributed by atoms with Crippen LogP contribution in [0.3, 0.4) is 0 Å². The third-order valence-electron chi connectivity index (χ3n) is 4.26. The number of ether oxygens (including phenoxy) is 3. The van der Waals surface area contributed by atoms with E-state index in [1.807, 2.05) is 13.8 Å². The van der Waals surface area contributed by atoms with Gasteiger partial charge in [0.25, 0.3) is 11.6 Å². The number of nitro groups is 1. The Labute approximate surface area is 186 Å². The van der Waals surface area contributed by atoms with Crippen LogP contribution in [0, 0.1) is 17.0 Å². The molecule has 170 valence electrons. The van der Waals surface area contributed by atoms with Crippen LogP contribution in [0.1, 0.15) is 31.4 Å². The first-order chi connectivity index (χ1) is 15.3. The van der Waals surface area contributed by atoms with E-state index in [0.29, 0.717) is 35.8 Å². The molecular formula is C23H26N2O7. The van der Waals surface area contributed by atoms with Crippen LogP contribution >= 0.6 is 0 Å². The van der Waals surface area contributed by atoms with E-state index in [4.69, 9.17) is 14.2 Å². The number of hydrogen-bond donors (Lipinski definition) is 1. The van der Waals surface area contributed by atoms with Crippen molar-refractivity contribution in [3.05, 3.63) is 63.7 Å². The number of benzene rings is 2. The Hall–Kier alpha value is -3.88. The van der Waals surface area contributed by atoms with Crippen molar-refractivity contribution in [2.24, 2.45) is 0 Å². The van der Waals surface area contributed by atoms with Crippen molar-refractivity contribution < 1.29 is 28.7 Å². The monoisotopic (exact) mass is 442 g/mol. The molecule has 0 heterocycles. The Morgan fingerprint density at radius 3 is 2.59 bits per heavy atom. The Bertz CT molecular complexity index is 1000. The molecule has 0 saturated heterocycles. The maximum atomic E-state index is 12.1. The molecule has 0 aliphatic heterocycles. The molecule has 0 aromatic heterocycles. The predicted molar refractivity (Wildman–Crippen MR) is 120 cm³/mol. The third-order valence-corrected chi connectivity index (χ3v) is 4.26. The van der Waals surface area contributed by atoms with Crippen molar-refractivity contribution in [2.45, 2.75) is 27.2 Å². The zero-order valence-electron chi connectivity index (χ0n) is 18.3. The summed E-state index contributed by atoms with van der Waals surface area (Å²) in [5.74, 6) is -0.115. The number of esters is 1. The van der Waals surface area contributed by atoms with Crippen LogP contribution in [-0.4, -0.2) is 36.6 Å². The van der Waals surface area contributed by atoms with Gasteiger partial charge in [0.2, 0.25) is 0 Å². The lowest BCUT2D eigenvalue weighted by atomic mass is 10.1. The summed E-state index contributed by atoms with van der Waals surface area (Å²) >= 11 is 0. The molecule has 1 amide bonds. The minimum atomic E-state index is -0.708. The fraction of sp³-hybridized carbons (Fsp3) is 0.304. The number of hydrogen-bond acceptors (Lipinski definition) is 7. The molecule has 2 aromatic rings. The lowest BCUT2D eigenvalue weighted by Crippen LogP contribution is -2.20. The van der Waals surface area contributed by atoms with Gasteiger partial charge in [0, 0.05) is 12.1 Å². The molecule has 0 bridgehead atoms. The lowest BCUT2D eigenvalue weighted by Gasteiger charge is -2.12. The number of rotatable bonds is 11. The zero-order chi connectivity index (χ0) is 23.5. The topological polar surface area (TPSA) is 117 Å².